The number of ether oxygens (including phenoxy) is 1. The van der Waals surface area contributed by atoms with Crippen LogP contribution >= 0.6 is 0 Å². The molecule has 33 heavy (non-hydrogen) atoms. The second-order valence-corrected chi connectivity index (χ2v) is 11.5. The molecular formula is C22H23N7O3S. The number of anilines is 2. The maximum Gasteiger partial charge on any atom is 0.234 e. The number of hydrogen-bond donors (Lipinski definition) is 2. The van der Waals surface area contributed by atoms with E-state index in [1.54, 1.807) is 6.92 Å². The molecule has 2 atom stereocenters. The van der Waals surface area contributed by atoms with E-state index in [0.29, 0.717) is 29.3 Å². The topological polar surface area (TPSA) is 145 Å². The van der Waals surface area contributed by atoms with Gasteiger partial charge in [0, 0.05) is 12.1 Å². The Morgan fingerprint density at radius 3 is 2.76 bits per heavy atom. The smallest absolute Gasteiger partial charge is 0.234 e. The number of amidine groups is 1. The molecule has 1 aromatic carbocycles. The minimum atomic E-state index is -3.45. The zero-order valence-electron chi connectivity index (χ0n) is 18.2. The standard InChI is InChI=1S/C22H23N7O3S/c1-21(13-4-5-13)20(23)29-22(10-33(21,30)31)8-12-3-6-14(7-15(12)22)27-18-17-19(26-11-25-18)28-16(32-2)9-24-17/h3,6-7,9,11,13H,4-5,8,10H2,1-2H3,(H2,23,29)(H,25,26,27,28)/t21-,22-/m0/s1. The van der Waals surface area contributed by atoms with Gasteiger partial charge in [-0.15, -0.1) is 0 Å². The van der Waals surface area contributed by atoms with E-state index in [0.717, 1.165) is 29.7 Å². The summed E-state index contributed by atoms with van der Waals surface area (Å²) >= 11 is 0. The number of benzene rings is 1. The number of fused-ring (bicyclic) bond motifs is 3. The Hall–Kier alpha value is -3.34. The fourth-order valence-electron chi connectivity index (χ4n) is 5.02. The number of sulfone groups is 1. The summed E-state index contributed by atoms with van der Waals surface area (Å²) in [6.07, 6.45) is 5.23. The molecule has 170 valence electrons. The molecule has 0 bridgehead atoms. The van der Waals surface area contributed by atoms with Crippen LogP contribution in [-0.4, -0.2) is 51.8 Å². The van der Waals surface area contributed by atoms with Crippen LogP contribution in [0.25, 0.3) is 11.2 Å². The van der Waals surface area contributed by atoms with Crippen molar-refractivity contribution in [3.05, 3.63) is 41.9 Å². The summed E-state index contributed by atoms with van der Waals surface area (Å²) in [7, 11) is -1.94. The van der Waals surface area contributed by atoms with Crippen molar-refractivity contribution in [2.24, 2.45) is 16.6 Å². The lowest BCUT2D eigenvalue weighted by Gasteiger charge is -2.47. The third-order valence-corrected chi connectivity index (χ3v) is 9.86. The average Bonchev–Trinajstić information content (AvgIpc) is 3.63. The number of methoxy groups -OCH3 is 1. The predicted molar refractivity (Wildman–Crippen MR) is 123 cm³/mol. The van der Waals surface area contributed by atoms with Gasteiger partial charge >= 0.3 is 0 Å². The van der Waals surface area contributed by atoms with Gasteiger partial charge in [0.25, 0.3) is 0 Å². The second kappa shape index (κ2) is 6.60. The Labute approximate surface area is 190 Å². The molecule has 2 aromatic heterocycles. The lowest BCUT2D eigenvalue weighted by molar-refractivity contribution is 0.397. The van der Waals surface area contributed by atoms with E-state index in [1.807, 2.05) is 18.2 Å². The normalized spacial score (nSPS) is 27.5. The van der Waals surface area contributed by atoms with Crippen molar-refractivity contribution in [2.75, 3.05) is 18.2 Å². The number of rotatable bonds is 4. The number of aromatic nitrogens is 4. The third kappa shape index (κ3) is 2.84. The van der Waals surface area contributed by atoms with Gasteiger partial charge in [0.05, 0.1) is 19.1 Å². The van der Waals surface area contributed by atoms with Crippen molar-refractivity contribution in [2.45, 2.75) is 36.5 Å². The summed E-state index contributed by atoms with van der Waals surface area (Å²) in [4.78, 5) is 21.9. The number of nitrogens with zero attached hydrogens (tertiary/aromatic N) is 5. The van der Waals surface area contributed by atoms with Gasteiger partial charge in [0.2, 0.25) is 5.88 Å². The fourth-order valence-corrected chi connectivity index (χ4v) is 7.38. The Morgan fingerprint density at radius 2 is 2.03 bits per heavy atom. The molecule has 6 rings (SSSR count). The van der Waals surface area contributed by atoms with E-state index in [4.69, 9.17) is 15.5 Å². The highest BCUT2D eigenvalue weighted by molar-refractivity contribution is 7.93. The third-order valence-electron chi connectivity index (χ3n) is 7.16. The number of nitrogens with two attached hydrogens (primary N) is 1. The van der Waals surface area contributed by atoms with Gasteiger partial charge in [-0.3, -0.25) is 4.99 Å². The van der Waals surface area contributed by atoms with E-state index in [1.165, 1.54) is 19.6 Å². The molecule has 3 aliphatic rings. The summed E-state index contributed by atoms with van der Waals surface area (Å²) in [6, 6.07) is 5.83. The molecule has 1 aliphatic heterocycles. The quantitative estimate of drug-likeness (QED) is 0.589. The molecule has 1 spiro atoms. The van der Waals surface area contributed by atoms with Gasteiger partial charge in [0.1, 0.15) is 22.4 Å². The lowest BCUT2D eigenvalue weighted by Crippen LogP contribution is -2.60. The maximum atomic E-state index is 13.4. The molecule has 0 amide bonds. The van der Waals surface area contributed by atoms with Crippen LogP contribution in [0, 0.1) is 5.92 Å². The van der Waals surface area contributed by atoms with E-state index < -0.39 is 20.1 Å². The SMILES string of the molecule is COc1cnc2c(Nc3ccc4c(c3)[C@]3(C4)CS(=O)(=O)[C@@](C)(C4CC4)C(N)=N3)ncnc2n1. The van der Waals surface area contributed by atoms with Crippen LogP contribution in [0.15, 0.2) is 35.7 Å². The molecule has 0 unspecified atom stereocenters. The first kappa shape index (κ1) is 20.3. The molecule has 10 nitrogen and oxygen atoms in total. The van der Waals surface area contributed by atoms with Gasteiger partial charge in [-0.05, 0) is 48.9 Å². The Bertz CT molecular complexity index is 1450. The van der Waals surface area contributed by atoms with Crippen LogP contribution in [0.5, 0.6) is 5.88 Å². The second-order valence-electron chi connectivity index (χ2n) is 9.15. The summed E-state index contributed by atoms with van der Waals surface area (Å²) in [5.41, 5.74) is 9.10. The monoisotopic (exact) mass is 465 g/mol. The van der Waals surface area contributed by atoms with Crippen molar-refractivity contribution >= 4 is 38.3 Å². The highest BCUT2D eigenvalue weighted by Crippen LogP contribution is 2.53. The molecule has 1 saturated carbocycles. The molecule has 0 radical (unpaired) electrons. The zero-order valence-corrected chi connectivity index (χ0v) is 19.1. The fraction of sp³-hybridized carbons (Fsp3) is 0.409. The van der Waals surface area contributed by atoms with Crippen molar-refractivity contribution in [1.29, 1.82) is 0 Å². The first-order valence-corrected chi connectivity index (χ1v) is 12.4. The van der Waals surface area contributed by atoms with Crippen molar-refractivity contribution in [3.63, 3.8) is 0 Å². The predicted octanol–water partition coefficient (Wildman–Crippen LogP) is 1.88. The first-order chi connectivity index (χ1) is 15.8. The molecule has 11 heteroatoms. The molecule has 3 heterocycles. The maximum absolute atomic E-state index is 13.4. The van der Waals surface area contributed by atoms with Crippen molar-refractivity contribution < 1.29 is 13.2 Å². The van der Waals surface area contributed by atoms with Gasteiger partial charge in [-0.1, -0.05) is 6.07 Å². The number of nitrogens with one attached hydrogen (secondary N) is 1. The van der Waals surface area contributed by atoms with Crippen molar-refractivity contribution in [3.8, 4) is 5.88 Å². The summed E-state index contributed by atoms with van der Waals surface area (Å²) in [5, 5.41) is 3.26. The summed E-state index contributed by atoms with van der Waals surface area (Å²) in [6.45, 7) is 1.74. The van der Waals surface area contributed by atoms with E-state index in [2.05, 4.69) is 25.3 Å². The summed E-state index contributed by atoms with van der Waals surface area (Å²) in [5.74, 6) is 1.14. The minimum Gasteiger partial charge on any atom is -0.480 e. The highest BCUT2D eigenvalue weighted by atomic mass is 32.2. The van der Waals surface area contributed by atoms with Crippen LogP contribution in [0.1, 0.15) is 30.9 Å². The zero-order chi connectivity index (χ0) is 23.0. The number of aliphatic imine (C=N–C) groups is 1. The average molecular weight is 466 g/mol. The molecular weight excluding hydrogens is 442 g/mol. The van der Waals surface area contributed by atoms with Gasteiger partial charge in [-0.25, -0.2) is 23.4 Å². The number of hydrogen-bond acceptors (Lipinski definition) is 10. The molecule has 3 N–H and O–H groups in total. The first-order valence-electron chi connectivity index (χ1n) is 10.8. The molecule has 1 fully saturated rings. The van der Waals surface area contributed by atoms with E-state index in [-0.39, 0.29) is 17.5 Å². The molecule has 0 saturated heterocycles. The summed E-state index contributed by atoms with van der Waals surface area (Å²) < 4.78 is 30.8. The van der Waals surface area contributed by atoms with Crippen LogP contribution < -0.4 is 15.8 Å². The van der Waals surface area contributed by atoms with Crippen LogP contribution in [-0.2, 0) is 21.8 Å². The molecule has 2 aliphatic carbocycles. The van der Waals surface area contributed by atoms with Gasteiger partial charge < -0.3 is 15.8 Å². The lowest BCUT2D eigenvalue weighted by atomic mass is 9.71. The van der Waals surface area contributed by atoms with E-state index in [9.17, 15) is 8.42 Å². The van der Waals surface area contributed by atoms with Crippen LogP contribution in [0.2, 0.25) is 0 Å². The highest BCUT2D eigenvalue weighted by Gasteiger charge is 2.61. The van der Waals surface area contributed by atoms with Crippen LogP contribution in [0.4, 0.5) is 11.5 Å². The Kier molecular flexibility index (Phi) is 4.05. The van der Waals surface area contributed by atoms with Gasteiger partial charge in [0.15, 0.2) is 26.8 Å². The van der Waals surface area contributed by atoms with Crippen molar-refractivity contribution in [1.82, 2.24) is 19.9 Å². The Morgan fingerprint density at radius 1 is 1.21 bits per heavy atom. The molecule has 3 aromatic rings. The Balaban J connectivity index is 1.37. The van der Waals surface area contributed by atoms with Gasteiger partial charge in [-0.2, -0.15) is 4.98 Å². The largest absolute Gasteiger partial charge is 0.480 e. The van der Waals surface area contributed by atoms with E-state index >= 15 is 0 Å². The minimum absolute atomic E-state index is 0.0220. The van der Waals surface area contributed by atoms with Crippen LogP contribution in [0.3, 0.4) is 0 Å².